The first kappa shape index (κ1) is 15.3. The van der Waals surface area contributed by atoms with Crippen molar-refractivity contribution in [2.45, 2.75) is 27.0 Å². The van der Waals surface area contributed by atoms with Crippen LogP contribution in [0.5, 0.6) is 5.75 Å². The Morgan fingerprint density at radius 2 is 2.05 bits per heavy atom. The SMILES string of the molecule is COc1ccccc1-c1cc(CO)c(=O)n(CC(C)C)n1. The number of benzene rings is 1. The highest BCUT2D eigenvalue weighted by molar-refractivity contribution is 5.67. The summed E-state index contributed by atoms with van der Waals surface area (Å²) in [7, 11) is 1.59. The Hall–Kier alpha value is -2.14. The monoisotopic (exact) mass is 288 g/mol. The van der Waals surface area contributed by atoms with Gasteiger partial charge in [0.2, 0.25) is 0 Å². The van der Waals surface area contributed by atoms with E-state index in [2.05, 4.69) is 5.10 Å². The maximum atomic E-state index is 12.2. The lowest BCUT2D eigenvalue weighted by molar-refractivity contribution is 0.277. The quantitative estimate of drug-likeness (QED) is 0.914. The summed E-state index contributed by atoms with van der Waals surface area (Å²) in [5.74, 6) is 0.971. The van der Waals surface area contributed by atoms with Crippen molar-refractivity contribution in [3.63, 3.8) is 0 Å². The van der Waals surface area contributed by atoms with E-state index in [-0.39, 0.29) is 18.1 Å². The molecule has 1 aromatic heterocycles. The summed E-state index contributed by atoms with van der Waals surface area (Å²) in [6.07, 6.45) is 0. The average Bonchev–Trinajstić information content (AvgIpc) is 2.48. The number of hydrogen-bond acceptors (Lipinski definition) is 4. The molecule has 0 bridgehead atoms. The van der Waals surface area contributed by atoms with Crippen molar-refractivity contribution in [1.82, 2.24) is 9.78 Å². The molecule has 1 aromatic carbocycles. The molecule has 0 saturated heterocycles. The van der Waals surface area contributed by atoms with Gasteiger partial charge in [0.15, 0.2) is 0 Å². The van der Waals surface area contributed by atoms with Crippen molar-refractivity contribution in [3.05, 3.63) is 46.2 Å². The van der Waals surface area contributed by atoms with Gasteiger partial charge in [0, 0.05) is 17.7 Å². The molecule has 0 radical (unpaired) electrons. The molecule has 0 fully saturated rings. The second kappa shape index (κ2) is 6.54. The predicted octanol–water partition coefficient (Wildman–Crippen LogP) is 2.07. The van der Waals surface area contributed by atoms with E-state index >= 15 is 0 Å². The van der Waals surface area contributed by atoms with Crippen molar-refractivity contribution in [3.8, 4) is 17.0 Å². The zero-order valence-corrected chi connectivity index (χ0v) is 12.5. The summed E-state index contributed by atoms with van der Waals surface area (Å²) in [4.78, 5) is 12.2. The van der Waals surface area contributed by atoms with Crippen LogP contribution in [0, 0.1) is 5.92 Å². The maximum absolute atomic E-state index is 12.2. The van der Waals surface area contributed by atoms with E-state index in [9.17, 15) is 9.90 Å². The molecule has 1 N–H and O–H groups in total. The van der Waals surface area contributed by atoms with Crippen molar-refractivity contribution in [2.75, 3.05) is 7.11 Å². The van der Waals surface area contributed by atoms with E-state index in [0.29, 0.717) is 23.6 Å². The summed E-state index contributed by atoms with van der Waals surface area (Å²) in [6.45, 7) is 4.24. The van der Waals surface area contributed by atoms with Crippen LogP contribution in [0.25, 0.3) is 11.3 Å². The molecular weight excluding hydrogens is 268 g/mol. The minimum absolute atomic E-state index is 0.246. The highest BCUT2D eigenvalue weighted by Crippen LogP contribution is 2.27. The lowest BCUT2D eigenvalue weighted by Gasteiger charge is -2.13. The van der Waals surface area contributed by atoms with Crippen LogP contribution in [0.2, 0.25) is 0 Å². The summed E-state index contributed by atoms with van der Waals surface area (Å²) in [5, 5.41) is 13.8. The highest BCUT2D eigenvalue weighted by atomic mass is 16.5. The zero-order chi connectivity index (χ0) is 15.4. The normalized spacial score (nSPS) is 10.9. The fourth-order valence-corrected chi connectivity index (χ4v) is 2.17. The van der Waals surface area contributed by atoms with E-state index in [1.807, 2.05) is 38.1 Å². The number of methoxy groups -OCH3 is 1. The van der Waals surface area contributed by atoms with Gasteiger partial charge in [0.1, 0.15) is 5.75 Å². The molecule has 0 aliphatic heterocycles. The molecule has 0 saturated carbocycles. The first-order chi connectivity index (χ1) is 10.1. The Balaban J connectivity index is 2.61. The van der Waals surface area contributed by atoms with Gasteiger partial charge in [0.05, 0.1) is 19.4 Å². The third-order valence-electron chi connectivity index (χ3n) is 3.14. The van der Waals surface area contributed by atoms with Crippen LogP contribution in [-0.2, 0) is 13.2 Å². The molecular formula is C16H20N2O3. The molecule has 0 aliphatic rings. The number of nitrogens with zero attached hydrogens (tertiary/aromatic N) is 2. The Kier molecular flexibility index (Phi) is 4.75. The third kappa shape index (κ3) is 3.31. The van der Waals surface area contributed by atoms with E-state index in [0.717, 1.165) is 5.56 Å². The van der Waals surface area contributed by atoms with Gasteiger partial charge in [-0.05, 0) is 24.1 Å². The number of rotatable bonds is 5. The Bertz CT molecular complexity index is 677. The number of ether oxygens (including phenoxy) is 1. The smallest absolute Gasteiger partial charge is 0.272 e. The first-order valence-electron chi connectivity index (χ1n) is 6.92. The van der Waals surface area contributed by atoms with Crippen LogP contribution >= 0.6 is 0 Å². The van der Waals surface area contributed by atoms with Crippen molar-refractivity contribution >= 4 is 0 Å². The number of aromatic nitrogens is 2. The van der Waals surface area contributed by atoms with Crippen LogP contribution in [0.1, 0.15) is 19.4 Å². The highest BCUT2D eigenvalue weighted by Gasteiger charge is 2.13. The number of para-hydroxylation sites is 1. The number of aliphatic hydroxyl groups excluding tert-OH is 1. The lowest BCUT2D eigenvalue weighted by atomic mass is 10.1. The van der Waals surface area contributed by atoms with Crippen LogP contribution in [0.3, 0.4) is 0 Å². The van der Waals surface area contributed by atoms with Gasteiger partial charge in [-0.1, -0.05) is 26.0 Å². The van der Waals surface area contributed by atoms with Gasteiger partial charge in [-0.2, -0.15) is 5.10 Å². The fourth-order valence-electron chi connectivity index (χ4n) is 2.17. The molecule has 112 valence electrons. The topological polar surface area (TPSA) is 64.3 Å². The van der Waals surface area contributed by atoms with Gasteiger partial charge in [-0.25, -0.2) is 4.68 Å². The van der Waals surface area contributed by atoms with Crippen molar-refractivity contribution < 1.29 is 9.84 Å². The second-order valence-electron chi connectivity index (χ2n) is 5.29. The Morgan fingerprint density at radius 1 is 1.33 bits per heavy atom. The van der Waals surface area contributed by atoms with Crippen LogP contribution < -0.4 is 10.3 Å². The van der Waals surface area contributed by atoms with Crippen LogP contribution in [-0.4, -0.2) is 22.0 Å². The van der Waals surface area contributed by atoms with E-state index in [1.54, 1.807) is 13.2 Å². The van der Waals surface area contributed by atoms with E-state index in [1.165, 1.54) is 4.68 Å². The molecule has 0 unspecified atom stereocenters. The molecule has 2 rings (SSSR count). The van der Waals surface area contributed by atoms with Crippen molar-refractivity contribution in [1.29, 1.82) is 0 Å². The fraction of sp³-hybridized carbons (Fsp3) is 0.375. The second-order valence-corrected chi connectivity index (χ2v) is 5.29. The predicted molar refractivity (Wildman–Crippen MR) is 81.2 cm³/mol. The largest absolute Gasteiger partial charge is 0.496 e. The third-order valence-corrected chi connectivity index (χ3v) is 3.14. The van der Waals surface area contributed by atoms with Gasteiger partial charge < -0.3 is 9.84 Å². The Labute approximate surface area is 123 Å². The number of hydrogen-bond donors (Lipinski definition) is 1. The van der Waals surface area contributed by atoms with Crippen molar-refractivity contribution in [2.24, 2.45) is 5.92 Å². The molecule has 0 spiro atoms. The molecule has 0 amide bonds. The maximum Gasteiger partial charge on any atom is 0.272 e. The molecule has 0 aliphatic carbocycles. The van der Waals surface area contributed by atoms with Gasteiger partial charge in [-0.3, -0.25) is 4.79 Å². The first-order valence-corrected chi connectivity index (χ1v) is 6.92. The molecule has 2 aromatic rings. The van der Waals surface area contributed by atoms with Crippen LogP contribution in [0.15, 0.2) is 35.1 Å². The molecule has 5 heteroatoms. The zero-order valence-electron chi connectivity index (χ0n) is 12.5. The van der Waals surface area contributed by atoms with Crippen LogP contribution in [0.4, 0.5) is 0 Å². The van der Waals surface area contributed by atoms with Gasteiger partial charge in [0.25, 0.3) is 5.56 Å². The lowest BCUT2D eigenvalue weighted by Crippen LogP contribution is -2.28. The summed E-state index contributed by atoms with van der Waals surface area (Å²) in [5.41, 5.74) is 1.51. The Morgan fingerprint density at radius 3 is 2.67 bits per heavy atom. The van der Waals surface area contributed by atoms with E-state index < -0.39 is 0 Å². The minimum Gasteiger partial charge on any atom is -0.496 e. The molecule has 5 nitrogen and oxygen atoms in total. The minimum atomic E-state index is -0.304. The van der Waals surface area contributed by atoms with Gasteiger partial charge >= 0.3 is 0 Å². The molecule has 1 heterocycles. The summed E-state index contributed by atoms with van der Waals surface area (Å²) < 4.78 is 6.75. The number of aliphatic hydroxyl groups is 1. The standard InChI is InChI=1S/C16H20N2O3/c1-11(2)9-18-16(20)12(10-19)8-14(17-18)13-6-4-5-7-15(13)21-3/h4-8,11,19H,9-10H2,1-3H3. The van der Waals surface area contributed by atoms with Gasteiger partial charge in [-0.15, -0.1) is 0 Å². The summed E-state index contributed by atoms with van der Waals surface area (Å²) >= 11 is 0. The molecule has 21 heavy (non-hydrogen) atoms. The molecule has 0 atom stereocenters. The average molecular weight is 288 g/mol. The van der Waals surface area contributed by atoms with E-state index in [4.69, 9.17) is 4.74 Å². The summed E-state index contributed by atoms with van der Waals surface area (Å²) in [6, 6.07) is 9.10.